The minimum atomic E-state index is -1.19. The fourth-order valence-electron chi connectivity index (χ4n) is 1.66. The van der Waals surface area contributed by atoms with Gasteiger partial charge in [-0.15, -0.1) is 0 Å². The molecule has 0 aromatic heterocycles. The zero-order valence-corrected chi connectivity index (χ0v) is 8.51. The summed E-state index contributed by atoms with van der Waals surface area (Å²) in [5, 5.41) is 18.4. The highest BCUT2D eigenvalue weighted by Gasteiger charge is 2.44. The maximum Gasteiger partial charge on any atom is 0.335 e. The SMILES string of the molecule is CO[C@@H]1OC(C(=O)O)[C@H](O)C(C)C1C. The summed E-state index contributed by atoms with van der Waals surface area (Å²) in [6.07, 6.45) is -2.73. The molecule has 0 aliphatic carbocycles. The second-order valence-corrected chi connectivity index (χ2v) is 3.71. The average molecular weight is 204 g/mol. The lowest BCUT2D eigenvalue weighted by Gasteiger charge is -2.39. The van der Waals surface area contributed by atoms with Crippen molar-refractivity contribution in [1.29, 1.82) is 0 Å². The second kappa shape index (κ2) is 4.25. The maximum absolute atomic E-state index is 10.7. The number of carbonyl (C=O) groups is 1. The third-order valence-corrected chi connectivity index (χ3v) is 2.86. The summed E-state index contributed by atoms with van der Waals surface area (Å²) in [6, 6.07) is 0. The normalized spacial score (nSPS) is 43.6. The predicted octanol–water partition coefficient (Wildman–Crippen LogP) is 0.0754. The van der Waals surface area contributed by atoms with E-state index in [1.54, 1.807) is 6.92 Å². The minimum absolute atomic E-state index is 0.0226. The lowest BCUT2D eigenvalue weighted by Crippen LogP contribution is -2.52. The molecule has 3 unspecified atom stereocenters. The van der Waals surface area contributed by atoms with Gasteiger partial charge in [0.25, 0.3) is 0 Å². The first-order valence-corrected chi connectivity index (χ1v) is 4.58. The van der Waals surface area contributed by atoms with Gasteiger partial charge in [0.15, 0.2) is 12.4 Å². The van der Waals surface area contributed by atoms with E-state index in [-0.39, 0.29) is 11.8 Å². The molecule has 2 N–H and O–H groups in total. The molecule has 5 heteroatoms. The number of aliphatic carboxylic acids is 1. The Balaban J connectivity index is 2.78. The van der Waals surface area contributed by atoms with Crippen LogP contribution in [0.2, 0.25) is 0 Å². The van der Waals surface area contributed by atoms with Crippen LogP contribution in [0.4, 0.5) is 0 Å². The molecule has 0 amide bonds. The van der Waals surface area contributed by atoms with Crippen molar-refractivity contribution in [3.8, 4) is 0 Å². The Kier molecular flexibility index (Phi) is 3.47. The van der Waals surface area contributed by atoms with Gasteiger partial charge in [0.05, 0.1) is 6.10 Å². The molecule has 1 fully saturated rings. The van der Waals surface area contributed by atoms with Gasteiger partial charge in [-0.1, -0.05) is 13.8 Å². The van der Waals surface area contributed by atoms with E-state index in [9.17, 15) is 9.90 Å². The van der Waals surface area contributed by atoms with Crippen LogP contribution in [0.15, 0.2) is 0 Å². The van der Waals surface area contributed by atoms with Crippen LogP contribution in [0.3, 0.4) is 0 Å². The van der Waals surface area contributed by atoms with Gasteiger partial charge in [0.2, 0.25) is 0 Å². The van der Waals surface area contributed by atoms with Crippen LogP contribution in [-0.4, -0.2) is 41.8 Å². The summed E-state index contributed by atoms with van der Waals surface area (Å²) >= 11 is 0. The van der Waals surface area contributed by atoms with E-state index >= 15 is 0 Å². The zero-order chi connectivity index (χ0) is 10.9. The summed E-state index contributed by atoms with van der Waals surface area (Å²) in [6.45, 7) is 3.65. The van der Waals surface area contributed by atoms with Crippen molar-refractivity contribution in [1.82, 2.24) is 0 Å². The highest BCUT2D eigenvalue weighted by atomic mass is 16.7. The molecule has 0 spiro atoms. The molecule has 14 heavy (non-hydrogen) atoms. The Hall–Kier alpha value is -0.650. The molecular weight excluding hydrogens is 188 g/mol. The van der Waals surface area contributed by atoms with Crippen LogP contribution in [0.1, 0.15) is 13.8 Å². The van der Waals surface area contributed by atoms with Crippen molar-refractivity contribution in [2.75, 3.05) is 7.11 Å². The van der Waals surface area contributed by atoms with E-state index < -0.39 is 24.5 Å². The van der Waals surface area contributed by atoms with Crippen LogP contribution in [-0.2, 0) is 14.3 Å². The van der Waals surface area contributed by atoms with Crippen molar-refractivity contribution in [2.24, 2.45) is 11.8 Å². The number of hydrogen-bond donors (Lipinski definition) is 2. The molecule has 1 heterocycles. The molecule has 0 aromatic rings. The summed E-state index contributed by atoms with van der Waals surface area (Å²) in [4.78, 5) is 10.7. The van der Waals surface area contributed by atoms with Crippen molar-refractivity contribution in [3.63, 3.8) is 0 Å². The molecule has 1 rings (SSSR count). The summed E-state index contributed by atoms with van der Waals surface area (Å²) in [5.74, 6) is -1.33. The van der Waals surface area contributed by atoms with Crippen molar-refractivity contribution in [2.45, 2.75) is 32.3 Å². The molecule has 0 aromatic carbocycles. The van der Waals surface area contributed by atoms with E-state index in [2.05, 4.69) is 0 Å². The van der Waals surface area contributed by atoms with Gasteiger partial charge in [0, 0.05) is 13.0 Å². The van der Waals surface area contributed by atoms with Gasteiger partial charge >= 0.3 is 5.97 Å². The van der Waals surface area contributed by atoms with Crippen LogP contribution in [0.5, 0.6) is 0 Å². The Labute approximate surface area is 82.6 Å². The Morgan fingerprint density at radius 2 is 1.93 bits per heavy atom. The number of hydrogen-bond acceptors (Lipinski definition) is 4. The molecule has 5 nitrogen and oxygen atoms in total. The fourth-order valence-corrected chi connectivity index (χ4v) is 1.66. The zero-order valence-electron chi connectivity index (χ0n) is 8.51. The van der Waals surface area contributed by atoms with Crippen molar-refractivity contribution >= 4 is 5.97 Å². The standard InChI is InChI=1S/C9H16O5/c1-4-5(2)9(13-3)14-7(6(4)10)8(11)12/h4-7,9-10H,1-3H3,(H,11,12)/t4?,5?,6-,7?,9-/m1/s1. The molecule has 1 aliphatic heterocycles. The number of rotatable bonds is 2. The smallest absolute Gasteiger partial charge is 0.335 e. The van der Waals surface area contributed by atoms with Crippen LogP contribution in [0, 0.1) is 11.8 Å². The quantitative estimate of drug-likeness (QED) is 0.666. The van der Waals surface area contributed by atoms with E-state index in [0.717, 1.165) is 0 Å². The van der Waals surface area contributed by atoms with Crippen LogP contribution in [0.25, 0.3) is 0 Å². The van der Waals surface area contributed by atoms with E-state index in [1.807, 2.05) is 6.92 Å². The monoisotopic (exact) mass is 204 g/mol. The summed E-state index contributed by atoms with van der Waals surface area (Å²) in [7, 11) is 1.46. The molecule has 0 radical (unpaired) electrons. The maximum atomic E-state index is 10.7. The first kappa shape index (κ1) is 11.4. The highest BCUT2D eigenvalue weighted by Crippen LogP contribution is 2.30. The third kappa shape index (κ3) is 1.89. The fraction of sp³-hybridized carbons (Fsp3) is 0.889. The summed E-state index contributed by atoms with van der Waals surface area (Å²) < 4.78 is 10.1. The number of methoxy groups -OCH3 is 1. The highest BCUT2D eigenvalue weighted by molar-refractivity contribution is 5.73. The van der Waals surface area contributed by atoms with Crippen molar-refractivity contribution in [3.05, 3.63) is 0 Å². The number of carboxylic acids is 1. The number of ether oxygens (including phenoxy) is 2. The second-order valence-electron chi connectivity index (χ2n) is 3.71. The number of carboxylic acid groups (broad SMARTS) is 1. The van der Waals surface area contributed by atoms with E-state index in [0.29, 0.717) is 0 Å². The van der Waals surface area contributed by atoms with Gasteiger partial charge in [-0.2, -0.15) is 0 Å². The first-order chi connectivity index (χ1) is 6.49. The van der Waals surface area contributed by atoms with E-state index in [1.165, 1.54) is 7.11 Å². The van der Waals surface area contributed by atoms with Gasteiger partial charge in [-0.3, -0.25) is 0 Å². The summed E-state index contributed by atoms with van der Waals surface area (Å²) in [5.41, 5.74) is 0. The predicted molar refractivity (Wildman–Crippen MR) is 47.6 cm³/mol. The van der Waals surface area contributed by atoms with Gasteiger partial charge in [0.1, 0.15) is 0 Å². The van der Waals surface area contributed by atoms with Gasteiger partial charge in [-0.25, -0.2) is 4.79 Å². The minimum Gasteiger partial charge on any atom is -0.479 e. The Bertz CT molecular complexity index is 215. The van der Waals surface area contributed by atoms with Crippen molar-refractivity contribution < 1.29 is 24.5 Å². The molecular formula is C9H16O5. The molecule has 5 atom stereocenters. The first-order valence-electron chi connectivity index (χ1n) is 4.58. The Morgan fingerprint density at radius 1 is 1.36 bits per heavy atom. The van der Waals surface area contributed by atoms with Gasteiger partial charge in [-0.05, 0) is 5.92 Å². The average Bonchev–Trinajstić information content (AvgIpc) is 2.14. The van der Waals surface area contributed by atoms with E-state index in [4.69, 9.17) is 14.6 Å². The Morgan fingerprint density at radius 3 is 2.36 bits per heavy atom. The third-order valence-electron chi connectivity index (χ3n) is 2.86. The number of aliphatic hydroxyl groups is 1. The molecule has 0 saturated carbocycles. The molecule has 1 aliphatic rings. The topological polar surface area (TPSA) is 76.0 Å². The molecule has 82 valence electrons. The largest absolute Gasteiger partial charge is 0.479 e. The molecule has 0 bridgehead atoms. The van der Waals surface area contributed by atoms with Crippen LogP contribution >= 0.6 is 0 Å². The molecule has 1 saturated heterocycles. The van der Waals surface area contributed by atoms with Crippen LogP contribution < -0.4 is 0 Å². The lowest BCUT2D eigenvalue weighted by molar-refractivity contribution is -0.254. The number of aliphatic hydroxyl groups excluding tert-OH is 1. The lowest BCUT2D eigenvalue weighted by atomic mass is 9.85. The van der Waals surface area contributed by atoms with Gasteiger partial charge < -0.3 is 19.7 Å².